The Morgan fingerprint density at radius 1 is 1.29 bits per heavy atom. The third-order valence-electron chi connectivity index (χ3n) is 3.93. The van der Waals surface area contributed by atoms with Crippen molar-refractivity contribution in [1.29, 1.82) is 0 Å². The number of rotatable bonds is 4. The predicted octanol–water partition coefficient (Wildman–Crippen LogP) is 3.84. The number of anilines is 1. The molecule has 1 aromatic heterocycles. The van der Waals surface area contributed by atoms with Gasteiger partial charge in [0.25, 0.3) is 0 Å². The number of thiophene rings is 1. The largest absolute Gasteiger partial charge is 0.338 e. The van der Waals surface area contributed by atoms with Crippen LogP contribution in [0.25, 0.3) is 0 Å². The first-order chi connectivity index (χ1) is 11.5. The number of fused-ring (bicyclic) bond motifs is 1. The minimum absolute atomic E-state index is 0.0350. The van der Waals surface area contributed by atoms with Gasteiger partial charge in [-0.15, -0.1) is 11.3 Å². The summed E-state index contributed by atoms with van der Waals surface area (Å²) in [6.45, 7) is 1.31. The van der Waals surface area contributed by atoms with E-state index in [1.165, 1.54) is 22.6 Å². The highest BCUT2D eigenvalue weighted by atomic mass is 35.5. The Morgan fingerprint density at radius 3 is 2.92 bits per heavy atom. The molecule has 2 aromatic rings. The van der Waals surface area contributed by atoms with Gasteiger partial charge in [0, 0.05) is 30.8 Å². The maximum Gasteiger partial charge on any atom is 0.224 e. The molecule has 0 unspecified atom stereocenters. The molecule has 2 amide bonds. The van der Waals surface area contributed by atoms with Gasteiger partial charge in [0.05, 0.1) is 10.7 Å². The summed E-state index contributed by atoms with van der Waals surface area (Å²) in [5.41, 5.74) is 1.54. The van der Waals surface area contributed by atoms with Crippen LogP contribution in [0.3, 0.4) is 0 Å². The van der Waals surface area contributed by atoms with Crippen LogP contribution in [0.4, 0.5) is 10.1 Å². The Morgan fingerprint density at radius 2 is 2.12 bits per heavy atom. The lowest BCUT2D eigenvalue weighted by Gasteiger charge is -2.27. The van der Waals surface area contributed by atoms with Crippen LogP contribution in [0.5, 0.6) is 0 Å². The van der Waals surface area contributed by atoms with E-state index in [1.807, 2.05) is 11.4 Å². The van der Waals surface area contributed by atoms with Crippen molar-refractivity contribution in [3.05, 3.63) is 50.9 Å². The van der Waals surface area contributed by atoms with Crippen molar-refractivity contribution in [3.8, 4) is 0 Å². The smallest absolute Gasteiger partial charge is 0.224 e. The van der Waals surface area contributed by atoms with E-state index in [-0.39, 0.29) is 29.7 Å². The minimum Gasteiger partial charge on any atom is -0.338 e. The summed E-state index contributed by atoms with van der Waals surface area (Å²) >= 11 is 7.59. The fourth-order valence-corrected chi connectivity index (χ4v) is 3.75. The van der Waals surface area contributed by atoms with E-state index in [2.05, 4.69) is 5.32 Å². The molecule has 0 spiro atoms. The van der Waals surface area contributed by atoms with Gasteiger partial charge in [0.1, 0.15) is 5.82 Å². The lowest BCUT2D eigenvalue weighted by Crippen LogP contribution is -2.35. The molecule has 4 nitrogen and oxygen atoms in total. The van der Waals surface area contributed by atoms with E-state index in [0.717, 1.165) is 12.5 Å². The van der Waals surface area contributed by atoms with Crippen molar-refractivity contribution in [1.82, 2.24) is 4.90 Å². The van der Waals surface area contributed by atoms with Gasteiger partial charge in [-0.05, 0) is 41.6 Å². The molecule has 3 rings (SSSR count). The number of hydrogen-bond acceptors (Lipinski definition) is 3. The van der Waals surface area contributed by atoms with Gasteiger partial charge in [-0.1, -0.05) is 11.6 Å². The fraction of sp³-hybridized carbons (Fsp3) is 0.294. The Labute approximate surface area is 148 Å². The summed E-state index contributed by atoms with van der Waals surface area (Å²) in [5.74, 6) is -0.816. The molecule has 1 N–H and O–H groups in total. The molecule has 1 aliphatic heterocycles. The molecule has 0 aliphatic carbocycles. The number of benzene rings is 1. The summed E-state index contributed by atoms with van der Waals surface area (Å²) in [6, 6.07) is 5.80. The van der Waals surface area contributed by atoms with Gasteiger partial charge < -0.3 is 10.2 Å². The molecule has 24 heavy (non-hydrogen) atoms. The molecule has 126 valence electrons. The van der Waals surface area contributed by atoms with Crippen molar-refractivity contribution < 1.29 is 14.0 Å². The zero-order valence-corrected chi connectivity index (χ0v) is 14.4. The number of carbonyl (C=O) groups excluding carboxylic acids is 2. The first-order valence-corrected chi connectivity index (χ1v) is 8.86. The average Bonchev–Trinajstić information content (AvgIpc) is 3.03. The standard InChI is InChI=1S/C17H16ClFN2O2S/c18-13-9-12(19)1-2-14(13)20-16(22)3-4-17(23)21-7-5-15-11(10-21)6-8-24-15/h1-2,6,8-9H,3-5,7,10H2,(H,20,22). The topological polar surface area (TPSA) is 49.4 Å². The summed E-state index contributed by atoms with van der Waals surface area (Å²) in [7, 11) is 0. The highest BCUT2D eigenvalue weighted by Gasteiger charge is 2.21. The van der Waals surface area contributed by atoms with Crippen LogP contribution < -0.4 is 5.32 Å². The van der Waals surface area contributed by atoms with Crippen molar-refractivity contribution in [2.24, 2.45) is 0 Å². The molecule has 7 heteroatoms. The number of carbonyl (C=O) groups is 2. The summed E-state index contributed by atoms with van der Waals surface area (Å²) < 4.78 is 13.0. The summed E-state index contributed by atoms with van der Waals surface area (Å²) in [5, 5.41) is 4.78. The van der Waals surface area contributed by atoms with E-state index in [1.54, 1.807) is 16.2 Å². The van der Waals surface area contributed by atoms with Crippen LogP contribution in [0, 0.1) is 5.82 Å². The first-order valence-electron chi connectivity index (χ1n) is 7.61. The Kier molecular flexibility index (Phi) is 5.16. The predicted molar refractivity (Wildman–Crippen MR) is 92.7 cm³/mol. The monoisotopic (exact) mass is 366 g/mol. The Bertz CT molecular complexity index is 778. The van der Waals surface area contributed by atoms with Gasteiger partial charge in [-0.2, -0.15) is 0 Å². The fourth-order valence-electron chi connectivity index (χ4n) is 2.64. The number of nitrogens with one attached hydrogen (secondary N) is 1. The van der Waals surface area contributed by atoms with Gasteiger partial charge in [-0.3, -0.25) is 9.59 Å². The van der Waals surface area contributed by atoms with E-state index >= 15 is 0 Å². The second kappa shape index (κ2) is 7.32. The maximum atomic E-state index is 13.0. The van der Waals surface area contributed by atoms with Crippen molar-refractivity contribution >= 4 is 40.4 Å². The van der Waals surface area contributed by atoms with Crippen LogP contribution in [0.1, 0.15) is 23.3 Å². The lowest BCUT2D eigenvalue weighted by atomic mass is 10.1. The second-order valence-electron chi connectivity index (χ2n) is 5.61. The highest BCUT2D eigenvalue weighted by molar-refractivity contribution is 7.10. The highest BCUT2D eigenvalue weighted by Crippen LogP contribution is 2.25. The van der Waals surface area contributed by atoms with Crippen LogP contribution in [0.2, 0.25) is 5.02 Å². The number of amides is 2. The second-order valence-corrected chi connectivity index (χ2v) is 7.01. The quantitative estimate of drug-likeness (QED) is 0.893. The molecular formula is C17H16ClFN2O2S. The van der Waals surface area contributed by atoms with Gasteiger partial charge in [0.15, 0.2) is 0 Å². The van der Waals surface area contributed by atoms with E-state index in [9.17, 15) is 14.0 Å². The molecule has 0 bridgehead atoms. The molecule has 0 radical (unpaired) electrons. The van der Waals surface area contributed by atoms with E-state index < -0.39 is 5.82 Å². The maximum absolute atomic E-state index is 13.0. The molecule has 0 fully saturated rings. The molecule has 0 saturated carbocycles. The molecular weight excluding hydrogens is 351 g/mol. The summed E-state index contributed by atoms with van der Waals surface area (Å²) in [6.07, 6.45) is 1.08. The number of hydrogen-bond donors (Lipinski definition) is 1. The number of nitrogens with zero attached hydrogens (tertiary/aromatic N) is 1. The van der Waals surface area contributed by atoms with Crippen LogP contribution in [-0.4, -0.2) is 23.3 Å². The molecule has 1 aromatic carbocycles. The van der Waals surface area contributed by atoms with Crippen LogP contribution in [0.15, 0.2) is 29.6 Å². The van der Waals surface area contributed by atoms with Crippen LogP contribution >= 0.6 is 22.9 Å². The normalized spacial score (nSPS) is 13.5. The van der Waals surface area contributed by atoms with Gasteiger partial charge >= 0.3 is 0 Å². The van der Waals surface area contributed by atoms with Crippen molar-refractivity contribution in [2.75, 3.05) is 11.9 Å². The van der Waals surface area contributed by atoms with Crippen molar-refractivity contribution in [3.63, 3.8) is 0 Å². The lowest BCUT2D eigenvalue weighted by molar-refractivity contribution is -0.133. The van der Waals surface area contributed by atoms with E-state index in [0.29, 0.717) is 18.8 Å². The zero-order chi connectivity index (χ0) is 17.1. The van der Waals surface area contributed by atoms with Crippen LogP contribution in [-0.2, 0) is 22.6 Å². The third kappa shape index (κ3) is 3.94. The average molecular weight is 367 g/mol. The van der Waals surface area contributed by atoms with Gasteiger partial charge in [-0.25, -0.2) is 4.39 Å². The molecule has 0 atom stereocenters. The van der Waals surface area contributed by atoms with Crippen molar-refractivity contribution in [2.45, 2.75) is 25.8 Å². The molecule has 0 saturated heterocycles. The van der Waals surface area contributed by atoms with Gasteiger partial charge in [0.2, 0.25) is 11.8 Å². The third-order valence-corrected chi connectivity index (χ3v) is 5.27. The minimum atomic E-state index is -0.467. The van der Waals surface area contributed by atoms with E-state index in [4.69, 9.17) is 11.6 Å². The SMILES string of the molecule is O=C(CCC(=O)N1CCc2sccc2C1)Nc1ccc(F)cc1Cl. The molecule has 2 heterocycles. The zero-order valence-electron chi connectivity index (χ0n) is 12.9. The number of halogens is 2. The Balaban J connectivity index is 1.50. The molecule has 1 aliphatic rings. The summed E-state index contributed by atoms with van der Waals surface area (Å²) in [4.78, 5) is 27.4. The first kappa shape index (κ1) is 16.9. The Hall–Kier alpha value is -1.92.